The Morgan fingerprint density at radius 2 is 2.07 bits per heavy atom. The summed E-state index contributed by atoms with van der Waals surface area (Å²) >= 11 is 3.42. The lowest BCUT2D eigenvalue weighted by molar-refractivity contribution is -0.115. The molecule has 27 heavy (non-hydrogen) atoms. The van der Waals surface area contributed by atoms with E-state index >= 15 is 0 Å². The van der Waals surface area contributed by atoms with E-state index in [1.807, 2.05) is 39.0 Å². The van der Waals surface area contributed by atoms with E-state index in [-0.39, 0.29) is 11.9 Å². The van der Waals surface area contributed by atoms with Crippen LogP contribution in [0.15, 0.2) is 27.7 Å². The van der Waals surface area contributed by atoms with Crippen LogP contribution >= 0.6 is 15.9 Å². The van der Waals surface area contributed by atoms with Gasteiger partial charge >= 0.3 is 6.09 Å². The molecule has 2 N–H and O–H groups in total. The average molecular weight is 438 g/mol. The van der Waals surface area contributed by atoms with Crippen LogP contribution in [0, 0.1) is 0 Å². The lowest BCUT2D eigenvalue weighted by atomic mass is 10.1. The Morgan fingerprint density at radius 3 is 2.74 bits per heavy atom. The summed E-state index contributed by atoms with van der Waals surface area (Å²) in [4.78, 5) is 29.0. The maximum Gasteiger partial charge on any atom is 0.407 e. The van der Waals surface area contributed by atoms with Crippen LogP contribution in [0.2, 0.25) is 0 Å². The molecule has 148 valence electrons. The lowest BCUT2D eigenvalue weighted by Crippen LogP contribution is -2.46. The second-order valence-electron chi connectivity index (χ2n) is 7.70. The topological polar surface area (TPSA) is 79.8 Å². The Hall–Kier alpha value is -1.89. The number of hydrogen-bond donors (Lipinski definition) is 2. The van der Waals surface area contributed by atoms with Gasteiger partial charge in [0, 0.05) is 23.5 Å². The molecule has 1 aliphatic heterocycles. The third kappa shape index (κ3) is 6.97. The van der Waals surface area contributed by atoms with E-state index in [9.17, 15) is 9.59 Å². The highest BCUT2D eigenvalue weighted by Gasteiger charge is 2.23. The molecule has 0 aromatic heterocycles. The largest absolute Gasteiger partial charge is 0.444 e. The number of unbranched alkanes of at least 4 members (excludes halogenated alkanes) is 1. The SMILES string of the molecule is CCCC[C@@H](CNC(=O)C1=Nc2cc(Br)ccc2C1)NC(=O)OC(C)(C)C. The maximum absolute atomic E-state index is 12.5. The fourth-order valence-electron chi connectivity index (χ4n) is 2.75. The monoisotopic (exact) mass is 437 g/mol. The number of benzene rings is 1. The van der Waals surface area contributed by atoms with E-state index in [2.05, 4.69) is 38.5 Å². The molecular formula is C20H28BrN3O3. The maximum atomic E-state index is 12.5. The van der Waals surface area contributed by atoms with E-state index < -0.39 is 11.7 Å². The van der Waals surface area contributed by atoms with Crippen molar-refractivity contribution >= 4 is 39.3 Å². The smallest absolute Gasteiger partial charge is 0.407 e. The molecule has 0 bridgehead atoms. The summed E-state index contributed by atoms with van der Waals surface area (Å²) < 4.78 is 6.26. The fourth-order valence-corrected chi connectivity index (χ4v) is 3.10. The van der Waals surface area contributed by atoms with Crippen molar-refractivity contribution in [1.82, 2.24) is 10.6 Å². The first-order chi connectivity index (χ1) is 12.7. The molecule has 0 fully saturated rings. The molecule has 1 aliphatic rings. The van der Waals surface area contributed by atoms with E-state index in [0.717, 1.165) is 35.0 Å². The predicted octanol–water partition coefficient (Wildman–Crippen LogP) is 4.28. The third-order valence-electron chi connectivity index (χ3n) is 4.06. The van der Waals surface area contributed by atoms with Crippen LogP contribution in [0.3, 0.4) is 0 Å². The van der Waals surface area contributed by atoms with Gasteiger partial charge in [-0.15, -0.1) is 0 Å². The van der Waals surface area contributed by atoms with Crippen LogP contribution < -0.4 is 10.6 Å². The number of hydrogen-bond acceptors (Lipinski definition) is 4. The summed E-state index contributed by atoms with van der Waals surface area (Å²) in [7, 11) is 0. The van der Waals surface area contributed by atoms with Gasteiger partial charge in [0.15, 0.2) is 0 Å². The van der Waals surface area contributed by atoms with E-state index in [1.165, 1.54) is 0 Å². The summed E-state index contributed by atoms with van der Waals surface area (Å²) in [6.07, 6.45) is 2.80. The number of nitrogens with zero attached hydrogens (tertiary/aromatic N) is 1. The number of alkyl carbamates (subject to hydrolysis) is 1. The molecule has 1 atom stereocenters. The normalized spacial score (nSPS) is 14.2. The first-order valence-electron chi connectivity index (χ1n) is 9.31. The van der Waals surface area contributed by atoms with Crippen molar-refractivity contribution in [3.05, 3.63) is 28.2 Å². The molecule has 0 saturated heterocycles. The van der Waals surface area contributed by atoms with Gasteiger partial charge in [-0.3, -0.25) is 4.79 Å². The van der Waals surface area contributed by atoms with Crippen molar-refractivity contribution in [2.24, 2.45) is 4.99 Å². The van der Waals surface area contributed by atoms with Crippen LogP contribution in [0.4, 0.5) is 10.5 Å². The summed E-state index contributed by atoms with van der Waals surface area (Å²) in [6, 6.07) is 5.64. The summed E-state index contributed by atoms with van der Waals surface area (Å²) in [5.41, 5.74) is 1.80. The molecule has 0 spiro atoms. The molecule has 2 amide bonds. The van der Waals surface area contributed by atoms with Crippen LogP contribution in [0.5, 0.6) is 0 Å². The predicted molar refractivity (Wildman–Crippen MR) is 111 cm³/mol. The minimum Gasteiger partial charge on any atom is -0.444 e. The fraction of sp³-hybridized carbons (Fsp3) is 0.550. The highest BCUT2D eigenvalue weighted by Crippen LogP contribution is 2.29. The summed E-state index contributed by atoms with van der Waals surface area (Å²) in [5, 5.41) is 5.76. The van der Waals surface area contributed by atoms with Crippen molar-refractivity contribution in [2.75, 3.05) is 6.54 Å². The number of fused-ring (bicyclic) bond motifs is 1. The summed E-state index contributed by atoms with van der Waals surface area (Å²) in [5.74, 6) is -0.199. The number of halogens is 1. The number of nitrogens with one attached hydrogen (secondary N) is 2. The molecule has 0 saturated carbocycles. The first kappa shape index (κ1) is 21.4. The minimum absolute atomic E-state index is 0.178. The minimum atomic E-state index is -0.554. The Morgan fingerprint density at radius 1 is 1.33 bits per heavy atom. The number of aliphatic imine (C=N–C) groups is 1. The van der Waals surface area contributed by atoms with Crippen molar-refractivity contribution < 1.29 is 14.3 Å². The van der Waals surface area contributed by atoms with Crippen LogP contribution in [-0.2, 0) is 16.0 Å². The van der Waals surface area contributed by atoms with Crippen molar-refractivity contribution in [1.29, 1.82) is 0 Å². The second kappa shape index (κ2) is 9.35. The number of carbonyl (C=O) groups excluding carboxylic acids is 2. The van der Waals surface area contributed by atoms with Gasteiger partial charge in [-0.2, -0.15) is 0 Å². The molecule has 2 rings (SSSR count). The van der Waals surface area contributed by atoms with E-state index in [0.29, 0.717) is 18.7 Å². The lowest BCUT2D eigenvalue weighted by Gasteiger charge is -2.24. The zero-order chi connectivity index (χ0) is 20.0. The van der Waals surface area contributed by atoms with Gasteiger partial charge in [0.2, 0.25) is 0 Å². The number of ether oxygens (including phenoxy) is 1. The molecule has 0 unspecified atom stereocenters. The van der Waals surface area contributed by atoms with Crippen molar-refractivity contribution in [3.8, 4) is 0 Å². The van der Waals surface area contributed by atoms with Crippen LogP contribution in [-0.4, -0.2) is 35.9 Å². The Bertz CT molecular complexity index is 726. The van der Waals surface area contributed by atoms with Gasteiger partial charge in [-0.05, 0) is 44.9 Å². The zero-order valence-electron chi connectivity index (χ0n) is 16.4. The first-order valence-corrected chi connectivity index (χ1v) is 10.1. The highest BCUT2D eigenvalue weighted by atomic mass is 79.9. The molecule has 0 radical (unpaired) electrons. The zero-order valence-corrected chi connectivity index (χ0v) is 18.0. The Labute approximate surface area is 169 Å². The average Bonchev–Trinajstić information content (AvgIpc) is 2.98. The van der Waals surface area contributed by atoms with Gasteiger partial charge in [-0.25, -0.2) is 9.79 Å². The molecule has 1 aromatic carbocycles. The third-order valence-corrected chi connectivity index (χ3v) is 4.55. The van der Waals surface area contributed by atoms with Gasteiger partial charge in [-0.1, -0.05) is 41.8 Å². The summed E-state index contributed by atoms with van der Waals surface area (Å²) in [6.45, 7) is 7.90. The Kier molecular flexibility index (Phi) is 7.41. The molecular weight excluding hydrogens is 410 g/mol. The molecule has 1 heterocycles. The van der Waals surface area contributed by atoms with Gasteiger partial charge in [0.1, 0.15) is 11.3 Å². The molecule has 0 aliphatic carbocycles. The second-order valence-corrected chi connectivity index (χ2v) is 8.62. The number of carbonyl (C=O) groups is 2. The van der Waals surface area contributed by atoms with Crippen LogP contribution in [0.25, 0.3) is 0 Å². The van der Waals surface area contributed by atoms with Gasteiger partial charge in [0.05, 0.1) is 5.69 Å². The van der Waals surface area contributed by atoms with E-state index in [1.54, 1.807) is 0 Å². The molecule has 1 aromatic rings. The van der Waals surface area contributed by atoms with Crippen molar-refractivity contribution in [2.45, 2.75) is 65.0 Å². The number of rotatable bonds is 7. The highest BCUT2D eigenvalue weighted by molar-refractivity contribution is 9.10. The van der Waals surface area contributed by atoms with Gasteiger partial charge < -0.3 is 15.4 Å². The molecule has 6 nitrogen and oxygen atoms in total. The standard InChI is InChI=1S/C20H28BrN3O3/c1-5-6-7-15(23-19(26)27-20(2,3)4)12-22-18(25)17-10-13-8-9-14(21)11-16(13)24-17/h8-9,11,15H,5-7,10,12H2,1-4H3,(H,22,25)(H,23,26)/t15-/m0/s1. The van der Waals surface area contributed by atoms with Gasteiger partial charge in [0.25, 0.3) is 5.91 Å². The van der Waals surface area contributed by atoms with E-state index in [4.69, 9.17) is 4.74 Å². The Balaban J connectivity index is 1.91. The molecule has 7 heteroatoms. The van der Waals surface area contributed by atoms with Crippen molar-refractivity contribution in [3.63, 3.8) is 0 Å². The number of amides is 2. The van der Waals surface area contributed by atoms with Crippen LogP contribution in [0.1, 0.15) is 52.5 Å². The quantitative estimate of drug-likeness (QED) is 0.667.